The number of aromatic carboxylic acids is 1. The second-order valence-corrected chi connectivity index (χ2v) is 4.84. The highest BCUT2D eigenvalue weighted by Gasteiger charge is 2.16. The van der Waals surface area contributed by atoms with Gasteiger partial charge in [0.2, 0.25) is 0 Å². The molecule has 1 atom stereocenters. The summed E-state index contributed by atoms with van der Waals surface area (Å²) < 4.78 is 11.7. The van der Waals surface area contributed by atoms with E-state index >= 15 is 0 Å². The summed E-state index contributed by atoms with van der Waals surface area (Å²) in [5, 5.41) is 8.91. The Morgan fingerprint density at radius 3 is 3.00 bits per heavy atom. The van der Waals surface area contributed by atoms with Gasteiger partial charge in [-0.3, -0.25) is 0 Å². The van der Waals surface area contributed by atoms with Gasteiger partial charge in [-0.05, 0) is 31.0 Å². The first kappa shape index (κ1) is 12.4. The minimum absolute atomic E-state index is 0.127. The predicted molar refractivity (Wildman–Crippen MR) is 65.6 cm³/mol. The van der Waals surface area contributed by atoms with E-state index < -0.39 is 5.97 Å². The summed E-state index contributed by atoms with van der Waals surface area (Å²) in [5.74, 6) is -0.416. The number of rotatable bonds is 4. The number of ether oxygens (including phenoxy) is 2. The van der Waals surface area contributed by atoms with Crippen LogP contribution in [0.3, 0.4) is 0 Å². The van der Waals surface area contributed by atoms with Crippen molar-refractivity contribution < 1.29 is 19.4 Å². The minimum atomic E-state index is -0.965. The fraction of sp³-hybridized carbons (Fsp3) is 0.417. The van der Waals surface area contributed by atoms with Crippen LogP contribution in [0.2, 0.25) is 0 Å². The van der Waals surface area contributed by atoms with Crippen molar-refractivity contribution in [3.63, 3.8) is 0 Å². The second kappa shape index (κ2) is 5.51. The molecule has 4 nitrogen and oxygen atoms in total. The molecule has 1 fully saturated rings. The van der Waals surface area contributed by atoms with Crippen LogP contribution in [0.4, 0.5) is 0 Å². The van der Waals surface area contributed by atoms with Crippen LogP contribution in [0.25, 0.3) is 0 Å². The van der Waals surface area contributed by atoms with Crippen molar-refractivity contribution in [1.29, 1.82) is 0 Å². The Kier molecular flexibility index (Phi) is 4.02. The van der Waals surface area contributed by atoms with E-state index in [1.165, 1.54) is 6.07 Å². The molecule has 1 N–H and O–H groups in total. The Bertz CT molecular complexity index is 413. The highest BCUT2D eigenvalue weighted by atomic mass is 79.9. The first-order chi connectivity index (χ1) is 8.15. The van der Waals surface area contributed by atoms with Gasteiger partial charge >= 0.3 is 5.97 Å². The van der Waals surface area contributed by atoms with Crippen LogP contribution >= 0.6 is 15.9 Å². The third kappa shape index (κ3) is 3.44. The third-order valence-corrected chi connectivity index (χ3v) is 3.04. The molecule has 92 valence electrons. The molecule has 0 bridgehead atoms. The summed E-state index contributed by atoms with van der Waals surface area (Å²) in [6.45, 7) is 1.25. The monoisotopic (exact) mass is 300 g/mol. The molecule has 1 saturated heterocycles. The lowest BCUT2D eigenvalue weighted by molar-refractivity contribution is 0.0671. The largest absolute Gasteiger partial charge is 0.491 e. The topological polar surface area (TPSA) is 55.8 Å². The lowest BCUT2D eigenvalue weighted by Gasteiger charge is -2.12. The molecule has 0 radical (unpaired) electrons. The van der Waals surface area contributed by atoms with Crippen LogP contribution in [-0.4, -0.2) is 30.4 Å². The van der Waals surface area contributed by atoms with Gasteiger partial charge in [-0.15, -0.1) is 0 Å². The average Bonchev–Trinajstić information content (AvgIpc) is 2.78. The van der Waals surface area contributed by atoms with Crippen LogP contribution in [0.1, 0.15) is 23.2 Å². The van der Waals surface area contributed by atoms with Crippen molar-refractivity contribution in [2.75, 3.05) is 13.2 Å². The molecular weight excluding hydrogens is 288 g/mol. The van der Waals surface area contributed by atoms with Gasteiger partial charge in [0.15, 0.2) is 0 Å². The number of carboxylic acid groups (broad SMARTS) is 1. The minimum Gasteiger partial charge on any atom is -0.491 e. The van der Waals surface area contributed by atoms with E-state index in [-0.39, 0.29) is 11.7 Å². The molecule has 0 aliphatic carbocycles. The van der Waals surface area contributed by atoms with E-state index in [2.05, 4.69) is 15.9 Å². The van der Waals surface area contributed by atoms with Crippen molar-refractivity contribution in [3.8, 4) is 5.75 Å². The van der Waals surface area contributed by atoms with Crippen LogP contribution in [0.5, 0.6) is 5.75 Å². The normalized spacial score (nSPS) is 19.2. The molecular formula is C12H13BrO4. The van der Waals surface area contributed by atoms with Crippen LogP contribution in [-0.2, 0) is 4.74 Å². The van der Waals surface area contributed by atoms with E-state index in [4.69, 9.17) is 14.6 Å². The Morgan fingerprint density at radius 1 is 1.53 bits per heavy atom. The predicted octanol–water partition coefficient (Wildman–Crippen LogP) is 2.71. The lowest BCUT2D eigenvalue weighted by atomic mass is 10.2. The first-order valence-corrected chi connectivity index (χ1v) is 6.23. The van der Waals surface area contributed by atoms with Crippen molar-refractivity contribution in [2.24, 2.45) is 0 Å². The van der Waals surface area contributed by atoms with Crippen LogP contribution in [0, 0.1) is 0 Å². The first-order valence-electron chi connectivity index (χ1n) is 5.43. The molecule has 1 heterocycles. The van der Waals surface area contributed by atoms with Gasteiger partial charge in [0, 0.05) is 11.1 Å². The van der Waals surface area contributed by atoms with E-state index in [9.17, 15) is 4.79 Å². The lowest BCUT2D eigenvalue weighted by Crippen LogP contribution is -2.16. The summed E-state index contributed by atoms with van der Waals surface area (Å²) in [7, 11) is 0. The van der Waals surface area contributed by atoms with E-state index in [0.29, 0.717) is 16.8 Å². The van der Waals surface area contributed by atoms with Gasteiger partial charge in [0.05, 0.1) is 11.7 Å². The summed E-state index contributed by atoms with van der Waals surface area (Å²) in [6.07, 6.45) is 2.19. The Labute approximate surface area is 108 Å². The molecule has 5 heteroatoms. The zero-order valence-electron chi connectivity index (χ0n) is 9.19. The number of carbonyl (C=O) groups is 1. The van der Waals surface area contributed by atoms with Gasteiger partial charge < -0.3 is 14.6 Å². The van der Waals surface area contributed by atoms with Gasteiger partial charge in [0.25, 0.3) is 0 Å². The molecule has 0 amide bonds. The van der Waals surface area contributed by atoms with Crippen molar-refractivity contribution >= 4 is 21.9 Å². The summed E-state index contributed by atoms with van der Waals surface area (Å²) in [4.78, 5) is 10.9. The van der Waals surface area contributed by atoms with E-state index in [1.54, 1.807) is 12.1 Å². The van der Waals surface area contributed by atoms with Crippen molar-refractivity contribution in [3.05, 3.63) is 28.2 Å². The number of benzene rings is 1. The summed E-state index contributed by atoms with van der Waals surface area (Å²) in [5.41, 5.74) is 0.210. The second-order valence-electron chi connectivity index (χ2n) is 3.93. The molecule has 17 heavy (non-hydrogen) atoms. The highest BCUT2D eigenvalue weighted by molar-refractivity contribution is 9.10. The smallest absolute Gasteiger partial charge is 0.335 e. The molecule has 1 aliphatic heterocycles. The van der Waals surface area contributed by atoms with E-state index in [1.807, 2.05) is 0 Å². The number of hydrogen-bond donors (Lipinski definition) is 1. The van der Waals surface area contributed by atoms with Crippen LogP contribution < -0.4 is 4.74 Å². The molecule has 1 aliphatic rings. The molecule has 2 rings (SSSR count). The van der Waals surface area contributed by atoms with Crippen LogP contribution in [0.15, 0.2) is 22.7 Å². The third-order valence-electron chi connectivity index (χ3n) is 2.58. The van der Waals surface area contributed by atoms with Gasteiger partial charge in [0.1, 0.15) is 12.4 Å². The summed E-state index contributed by atoms with van der Waals surface area (Å²) >= 11 is 3.26. The number of carboxylic acids is 1. The zero-order chi connectivity index (χ0) is 12.3. The Hall–Kier alpha value is -1.07. The average molecular weight is 301 g/mol. The molecule has 1 aromatic carbocycles. The molecule has 0 aromatic heterocycles. The molecule has 1 aromatic rings. The van der Waals surface area contributed by atoms with Gasteiger partial charge in [-0.25, -0.2) is 4.79 Å². The molecule has 0 spiro atoms. The molecule has 1 unspecified atom stereocenters. The Morgan fingerprint density at radius 2 is 2.35 bits per heavy atom. The highest BCUT2D eigenvalue weighted by Crippen LogP contribution is 2.22. The Balaban J connectivity index is 2.01. The maximum absolute atomic E-state index is 10.9. The summed E-state index contributed by atoms with van der Waals surface area (Å²) in [6, 6.07) is 4.81. The SMILES string of the molecule is O=C(O)c1cc(Br)cc(OCC2CCCO2)c1. The fourth-order valence-corrected chi connectivity index (χ4v) is 2.21. The number of hydrogen-bond acceptors (Lipinski definition) is 3. The standard InChI is InChI=1S/C12H13BrO4/c13-9-4-8(12(14)15)5-11(6-9)17-7-10-2-1-3-16-10/h4-6,10H,1-3,7H2,(H,14,15). The number of halogens is 1. The van der Waals surface area contributed by atoms with E-state index in [0.717, 1.165) is 19.4 Å². The fourth-order valence-electron chi connectivity index (χ4n) is 1.73. The van der Waals surface area contributed by atoms with Crippen molar-refractivity contribution in [1.82, 2.24) is 0 Å². The van der Waals surface area contributed by atoms with Gasteiger partial charge in [-0.2, -0.15) is 0 Å². The van der Waals surface area contributed by atoms with Crippen molar-refractivity contribution in [2.45, 2.75) is 18.9 Å². The maximum atomic E-state index is 10.9. The molecule has 0 saturated carbocycles. The zero-order valence-corrected chi connectivity index (χ0v) is 10.8. The van der Waals surface area contributed by atoms with Gasteiger partial charge in [-0.1, -0.05) is 15.9 Å². The maximum Gasteiger partial charge on any atom is 0.335 e. The quantitative estimate of drug-likeness (QED) is 0.929.